The van der Waals surface area contributed by atoms with Gasteiger partial charge in [0.05, 0.1) is 29.1 Å². The van der Waals surface area contributed by atoms with Gasteiger partial charge in [0.1, 0.15) is 5.54 Å². The Balaban J connectivity index is 2.14. The van der Waals surface area contributed by atoms with Gasteiger partial charge >= 0.3 is 5.91 Å². The van der Waals surface area contributed by atoms with Crippen LogP contribution in [0.5, 0.6) is 0 Å². The number of benzene rings is 1. The normalized spacial score (nSPS) is 18.0. The van der Waals surface area contributed by atoms with Crippen molar-refractivity contribution < 1.29 is 9.69 Å². The van der Waals surface area contributed by atoms with Crippen LogP contribution in [0.2, 0.25) is 10.0 Å². The molecule has 1 saturated heterocycles. The number of hydrogen-bond donors (Lipinski definition) is 1. The number of likely N-dealkylation sites (tertiary alicyclic amines) is 1. The Morgan fingerprint density at radius 2 is 1.71 bits per heavy atom. The molecule has 1 fully saturated rings. The first kappa shape index (κ1) is 19.7. The molecule has 2 rings (SSSR count). The Morgan fingerprint density at radius 1 is 1.12 bits per heavy atom. The van der Waals surface area contributed by atoms with Crippen molar-refractivity contribution in [1.29, 1.82) is 0 Å². The van der Waals surface area contributed by atoms with Gasteiger partial charge in [0.2, 0.25) is 0 Å². The number of nitrogens with zero attached hydrogens (tertiary/aromatic N) is 1. The molecule has 0 bridgehead atoms. The lowest BCUT2D eigenvalue weighted by molar-refractivity contribution is -0.861. The van der Waals surface area contributed by atoms with Crippen molar-refractivity contribution in [3.05, 3.63) is 33.8 Å². The Labute approximate surface area is 155 Å². The smallest absolute Gasteiger partial charge is 0.292 e. The summed E-state index contributed by atoms with van der Waals surface area (Å²) in [5.74, 6) is 0.172. The number of quaternary nitrogens is 1. The lowest BCUT2D eigenvalue weighted by Gasteiger charge is -2.48. The van der Waals surface area contributed by atoms with Crippen molar-refractivity contribution >= 4 is 29.1 Å². The molecule has 0 spiro atoms. The summed E-state index contributed by atoms with van der Waals surface area (Å²) in [5, 5.41) is 1.01. The summed E-state index contributed by atoms with van der Waals surface area (Å²) >= 11 is 12.0. The zero-order chi connectivity index (χ0) is 18.1. The average molecular weight is 372 g/mol. The molecular weight excluding hydrogens is 343 g/mol. The third kappa shape index (κ3) is 3.80. The Bertz CT molecular complexity index is 607. The molecule has 1 amide bonds. The monoisotopic (exact) mass is 371 g/mol. The van der Waals surface area contributed by atoms with E-state index < -0.39 is 0 Å². The van der Waals surface area contributed by atoms with Gasteiger partial charge in [0.15, 0.2) is 0 Å². The number of halogens is 2. The lowest BCUT2D eigenvalue weighted by Crippen LogP contribution is -3.22. The Morgan fingerprint density at radius 3 is 2.25 bits per heavy atom. The Kier molecular flexibility index (Phi) is 6.02. The fourth-order valence-electron chi connectivity index (χ4n) is 3.45. The number of likely N-dealkylation sites (N-methyl/N-ethyl adjacent to an activating group) is 1. The molecule has 1 aromatic rings. The number of rotatable bonds is 5. The van der Waals surface area contributed by atoms with E-state index in [1.807, 2.05) is 13.1 Å². The molecule has 0 aliphatic carbocycles. The molecule has 0 radical (unpaired) electrons. The van der Waals surface area contributed by atoms with Crippen LogP contribution in [-0.4, -0.2) is 42.0 Å². The fourth-order valence-corrected chi connectivity index (χ4v) is 3.77. The number of nitrogens with one attached hydrogen (secondary N) is 1. The van der Waals surface area contributed by atoms with E-state index in [1.165, 1.54) is 12.8 Å². The van der Waals surface area contributed by atoms with Crippen LogP contribution < -0.4 is 4.90 Å². The second-order valence-electron chi connectivity index (χ2n) is 7.85. The summed E-state index contributed by atoms with van der Waals surface area (Å²) in [4.78, 5) is 16.3. The predicted octanol–water partition coefficient (Wildman–Crippen LogP) is 3.23. The van der Waals surface area contributed by atoms with Gasteiger partial charge in [-0.3, -0.25) is 9.80 Å². The van der Waals surface area contributed by atoms with Crippen LogP contribution in [0.4, 0.5) is 0 Å². The molecule has 1 aromatic carbocycles. The zero-order valence-electron chi connectivity index (χ0n) is 15.4. The summed E-state index contributed by atoms with van der Waals surface area (Å²) in [6.07, 6.45) is 2.85. The average Bonchev–Trinajstić information content (AvgIpc) is 3.05. The molecule has 1 N–H and O–H groups in total. The van der Waals surface area contributed by atoms with E-state index in [2.05, 4.69) is 32.6 Å². The molecule has 1 atom stereocenters. The third-order valence-electron chi connectivity index (χ3n) is 6.13. The van der Waals surface area contributed by atoms with Crippen LogP contribution >= 0.6 is 23.2 Å². The summed E-state index contributed by atoms with van der Waals surface area (Å²) < 4.78 is 0. The van der Waals surface area contributed by atoms with Crippen LogP contribution in [0.25, 0.3) is 0 Å². The second-order valence-corrected chi connectivity index (χ2v) is 8.67. The number of amides is 1. The van der Waals surface area contributed by atoms with Crippen LogP contribution in [0.15, 0.2) is 18.2 Å². The van der Waals surface area contributed by atoms with E-state index in [0.717, 1.165) is 23.6 Å². The van der Waals surface area contributed by atoms with Gasteiger partial charge in [-0.05, 0) is 71.3 Å². The minimum absolute atomic E-state index is 0.0547. The van der Waals surface area contributed by atoms with Gasteiger partial charge in [-0.1, -0.05) is 29.3 Å². The minimum atomic E-state index is -0.204. The molecule has 0 aromatic heterocycles. The highest BCUT2D eigenvalue weighted by Crippen LogP contribution is 2.29. The first-order valence-corrected chi connectivity index (χ1v) is 9.39. The minimum Gasteiger partial charge on any atom is -0.292 e. The molecule has 134 valence electrons. The summed E-state index contributed by atoms with van der Waals surface area (Å²) in [5.41, 5.74) is 0.648. The molecule has 1 unspecified atom stereocenters. The SMILES string of the molecule is C[NH+](C(=O)Cc1ccc(Cl)c(Cl)c1)C(C)(C)C(C)(C)N1CCCC1. The van der Waals surface area contributed by atoms with E-state index in [0.29, 0.717) is 16.5 Å². The molecule has 1 heterocycles. The van der Waals surface area contributed by atoms with Crippen LogP contribution in [-0.2, 0) is 11.2 Å². The second kappa shape index (κ2) is 7.33. The zero-order valence-corrected chi connectivity index (χ0v) is 16.9. The maximum Gasteiger partial charge on any atom is 0.316 e. The third-order valence-corrected chi connectivity index (χ3v) is 6.87. The van der Waals surface area contributed by atoms with Crippen molar-refractivity contribution in [3.63, 3.8) is 0 Å². The van der Waals surface area contributed by atoms with E-state index >= 15 is 0 Å². The van der Waals surface area contributed by atoms with Gasteiger partial charge in [0, 0.05) is 0 Å². The van der Waals surface area contributed by atoms with Crippen molar-refractivity contribution in [1.82, 2.24) is 4.90 Å². The van der Waals surface area contributed by atoms with E-state index in [4.69, 9.17) is 23.2 Å². The van der Waals surface area contributed by atoms with Crippen molar-refractivity contribution in [2.75, 3.05) is 20.1 Å². The van der Waals surface area contributed by atoms with Crippen LogP contribution in [0.1, 0.15) is 46.1 Å². The number of hydrogen-bond acceptors (Lipinski definition) is 2. The highest BCUT2D eigenvalue weighted by atomic mass is 35.5. The summed E-state index contributed by atoms with van der Waals surface area (Å²) in [6.45, 7) is 11.1. The molecule has 1 aliphatic rings. The maximum absolute atomic E-state index is 12.9. The van der Waals surface area contributed by atoms with Crippen molar-refractivity contribution in [2.45, 2.75) is 58.0 Å². The largest absolute Gasteiger partial charge is 0.316 e. The quantitative estimate of drug-likeness (QED) is 0.859. The van der Waals surface area contributed by atoms with Gasteiger partial charge < -0.3 is 0 Å². The molecule has 24 heavy (non-hydrogen) atoms. The fraction of sp³-hybridized carbons (Fsp3) is 0.632. The van der Waals surface area contributed by atoms with Gasteiger partial charge in [-0.25, -0.2) is 4.79 Å². The number of carbonyl (C=O) groups excluding carboxylic acids is 1. The summed E-state index contributed by atoms with van der Waals surface area (Å²) in [6, 6.07) is 5.41. The van der Waals surface area contributed by atoms with Crippen LogP contribution in [0, 0.1) is 0 Å². The molecule has 5 heteroatoms. The number of carbonyl (C=O) groups is 1. The molecule has 3 nitrogen and oxygen atoms in total. The predicted molar refractivity (Wildman–Crippen MR) is 101 cm³/mol. The molecule has 0 saturated carbocycles. The van der Waals surface area contributed by atoms with Gasteiger partial charge in [-0.15, -0.1) is 0 Å². The van der Waals surface area contributed by atoms with Crippen LogP contribution in [0.3, 0.4) is 0 Å². The van der Waals surface area contributed by atoms with E-state index in [-0.39, 0.29) is 17.0 Å². The first-order valence-electron chi connectivity index (χ1n) is 8.63. The lowest BCUT2D eigenvalue weighted by atomic mass is 9.79. The first-order chi connectivity index (χ1) is 11.1. The summed E-state index contributed by atoms with van der Waals surface area (Å²) in [7, 11) is 1.98. The van der Waals surface area contributed by atoms with Gasteiger partial charge in [0.25, 0.3) is 0 Å². The Hall–Kier alpha value is -0.610. The molecular formula is C19H29Cl2N2O+. The topological polar surface area (TPSA) is 24.8 Å². The molecule has 1 aliphatic heterocycles. The maximum atomic E-state index is 12.9. The highest BCUT2D eigenvalue weighted by molar-refractivity contribution is 6.42. The van der Waals surface area contributed by atoms with E-state index in [1.54, 1.807) is 12.1 Å². The van der Waals surface area contributed by atoms with Crippen molar-refractivity contribution in [2.24, 2.45) is 0 Å². The van der Waals surface area contributed by atoms with Crippen molar-refractivity contribution in [3.8, 4) is 0 Å². The highest BCUT2D eigenvalue weighted by Gasteiger charge is 2.50. The van der Waals surface area contributed by atoms with Gasteiger partial charge in [-0.2, -0.15) is 0 Å². The van der Waals surface area contributed by atoms with E-state index in [9.17, 15) is 4.79 Å². The standard InChI is InChI=1S/C19H28Cl2N2O/c1-18(2,19(3,4)23-10-6-7-11-23)22(5)17(24)13-14-8-9-15(20)16(21)12-14/h8-9,12H,6-7,10-11,13H2,1-5H3/p+1.